The van der Waals surface area contributed by atoms with Gasteiger partial charge in [-0.05, 0) is 44.2 Å². The van der Waals surface area contributed by atoms with Gasteiger partial charge in [0, 0.05) is 11.3 Å². The van der Waals surface area contributed by atoms with Crippen molar-refractivity contribution in [2.45, 2.75) is 20.3 Å². The van der Waals surface area contributed by atoms with Gasteiger partial charge in [-0.3, -0.25) is 4.79 Å². The molecule has 0 bridgehead atoms. The lowest BCUT2D eigenvalue weighted by Crippen LogP contribution is -2.04. The topological polar surface area (TPSA) is 52.1 Å². The number of hydrogen-bond acceptors (Lipinski definition) is 4. The van der Waals surface area contributed by atoms with Crippen LogP contribution in [0.15, 0.2) is 30.3 Å². The number of hydrogen-bond donors (Lipinski definition) is 0. The molecule has 0 spiro atoms. The Kier molecular flexibility index (Phi) is 3.90. The number of ether oxygens (including phenoxy) is 1. The molecule has 0 saturated heterocycles. The highest BCUT2D eigenvalue weighted by Crippen LogP contribution is 2.21. The third-order valence-corrected chi connectivity index (χ3v) is 2.69. The summed E-state index contributed by atoms with van der Waals surface area (Å²) in [6.45, 7) is 3.44. The van der Waals surface area contributed by atoms with Crippen LogP contribution in [0.5, 0.6) is 5.75 Å². The van der Waals surface area contributed by atoms with Gasteiger partial charge in [-0.2, -0.15) is 0 Å². The minimum Gasteiger partial charge on any atom is -0.497 e. The van der Waals surface area contributed by atoms with Crippen LogP contribution in [0, 0.1) is 6.92 Å². The first-order valence-corrected chi connectivity index (χ1v) is 6.07. The van der Waals surface area contributed by atoms with Crippen LogP contribution in [0.4, 0.5) is 0 Å². The summed E-state index contributed by atoms with van der Waals surface area (Å²) < 4.78 is 5.13. The van der Waals surface area contributed by atoms with E-state index < -0.39 is 0 Å². The highest BCUT2D eigenvalue weighted by Gasteiger charge is 2.07. The Balaban J connectivity index is 2.37. The molecule has 2 aromatic rings. The van der Waals surface area contributed by atoms with Crippen LogP contribution in [-0.2, 0) is 11.2 Å². The monoisotopic (exact) mass is 256 g/mol. The second-order valence-electron chi connectivity index (χ2n) is 4.42. The predicted molar refractivity (Wildman–Crippen MR) is 73.1 cm³/mol. The van der Waals surface area contributed by atoms with E-state index in [0.717, 1.165) is 22.7 Å². The number of Topliss-reactive ketones (excluding diaryl/α,β-unsaturated/α-hetero) is 1. The fourth-order valence-electron chi connectivity index (χ4n) is 1.84. The van der Waals surface area contributed by atoms with E-state index in [0.29, 0.717) is 5.82 Å². The molecule has 0 radical (unpaired) electrons. The molecule has 2 rings (SSSR count). The van der Waals surface area contributed by atoms with Gasteiger partial charge in [-0.1, -0.05) is 0 Å². The van der Waals surface area contributed by atoms with Gasteiger partial charge in [0.2, 0.25) is 0 Å². The lowest BCUT2D eigenvalue weighted by Gasteiger charge is -2.06. The van der Waals surface area contributed by atoms with Crippen LogP contribution >= 0.6 is 0 Å². The maximum atomic E-state index is 11.2. The van der Waals surface area contributed by atoms with Crippen LogP contribution in [0.3, 0.4) is 0 Å². The highest BCUT2D eigenvalue weighted by molar-refractivity contribution is 5.77. The fourth-order valence-corrected chi connectivity index (χ4v) is 1.84. The Morgan fingerprint density at radius 1 is 1.21 bits per heavy atom. The van der Waals surface area contributed by atoms with Crippen LogP contribution < -0.4 is 4.74 Å². The van der Waals surface area contributed by atoms with E-state index in [1.54, 1.807) is 14.0 Å². The molecule has 98 valence electrons. The van der Waals surface area contributed by atoms with Gasteiger partial charge in [-0.25, -0.2) is 9.97 Å². The summed E-state index contributed by atoms with van der Waals surface area (Å²) in [5.41, 5.74) is 2.67. The first-order chi connectivity index (χ1) is 9.08. The molecule has 0 aliphatic carbocycles. The van der Waals surface area contributed by atoms with Crippen molar-refractivity contribution < 1.29 is 9.53 Å². The van der Waals surface area contributed by atoms with E-state index >= 15 is 0 Å². The summed E-state index contributed by atoms with van der Waals surface area (Å²) in [7, 11) is 1.63. The first-order valence-electron chi connectivity index (χ1n) is 6.07. The largest absolute Gasteiger partial charge is 0.497 e. The van der Waals surface area contributed by atoms with Gasteiger partial charge in [0.05, 0.1) is 19.2 Å². The summed E-state index contributed by atoms with van der Waals surface area (Å²) in [6.07, 6.45) is 0.269. The highest BCUT2D eigenvalue weighted by atomic mass is 16.5. The molecule has 0 saturated carbocycles. The second kappa shape index (κ2) is 5.61. The smallest absolute Gasteiger partial charge is 0.137 e. The average Bonchev–Trinajstić information content (AvgIpc) is 2.37. The molecule has 0 aliphatic heterocycles. The van der Waals surface area contributed by atoms with Crippen molar-refractivity contribution in [2.75, 3.05) is 7.11 Å². The number of methoxy groups -OCH3 is 1. The first kappa shape index (κ1) is 13.2. The molecule has 4 heteroatoms. The molecule has 4 nitrogen and oxygen atoms in total. The van der Waals surface area contributed by atoms with Crippen molar-refractivity contribution >= 4 is 5.78 Å². The quantitative estimate of drug-likeness (QED) is 0.843. The Morgan fingerprint density at radius 3 is 2.47 bits per heavy atom. The number of carbonyl (C=O) groups excluding carboxylic acids is 1. The third-order valence-electron chi connectivity index (χ3n) is 2.69. The van der Waals surface area contributed by atoms with Crippen molar-refractivity contribution in [3.8, 4) is 17.0 Å². The van der Waals surface area contributed by atoms with E-state index in [1.807, 2.05) is 37.3 Å². The van der Waals surface area contributed by atoms with E-state index in [4.69, 9.17) is 4.74 Å². The molecule has 1 aromatic carbocycles. The normalized spacial score (nSPS) is 10.3. The molecule has 0 N–H and O–H groups in total. The summed E-state index contributed by atoms with van der Waals surface area (Å²) in [5.74, 6) is 1.43. The second-order valence-corrected chi connectivity index (χ2v) is 4.42. The van der Waals surface area contributed by atoms with E-state index in [1.165, 1.54) is 0 Å². The molecule has 0 aliphatic rings. The van der Waals surface area contributed by atoms with Crippen molar-refractivity contribution in [2.24, 2.45) is 0 Å². The number of nitrogens with zero attached hydrogens (tertiary/aromatic N) is 2. The Labute approximate surface area is 112 Å². The van der Waals surface area contributed by atoms with Crippen LogP contribution in [-0.4, -0.2) is 22.9 Å². The zero-order chi connectivity index (χ0) is 13.8. The van der Waals surface area contributed by atoms with Gasteiger partial charge in [0.1, 0.15) is 17.4 Å². The lowest BCUT2D eigenvalue weighted by atomic mass is 10.1. The third kappa shape index (κ3) is 3.37. The standard InChI is InChI=1S/C15H16N2O2/c1-10-8-14(17-15(16-10)9-11(2)18)12-4-6-13(19-3)7-5-12/h4-8H,9H2,1-3H3. The van der Waals surface area contributed by atoms with Crippen LogP contribution in [0.2, 0.25) is 0 Å². The van der Waals surface area contributed by atoms with Gasteiger partial charge in [-0.15, -0.1) is 0 Å². The van der Waals surface area contributed by atoms with Crippen LogP contribution in [0.1, 0.15) is 18.4 Å². The Morgan fingerprint density at radius 2 is 1.89 bits per heavy atom. The molecule has 0 amide bonds. The van der Waals surface area contributed by atoms with Crippen molar-refractivity contribution in [3.63, 3.8) is 0 Å². The fraction of sp³-hybridized carbons (Fsp3) is 0.267. The molecule has 0 fully saturated rings. The summed E-state index contributed by atoms with van der Waals surface area (Å²) in [6, 6.07) is 9.57. The number of ketones is 1. The number of aromatic nitrogens is 2. The molecular formula is C15H16N2O2. The SMILES string of the molecule is COc1ccc(-c2cc(C)nc(CC(C)=O)n2)cc1. The predicted octanol–water partition coefficient (Wildman–Crippen LogP) is 2.59. The van der Waals surface area contributed by atoms with Gasteiger partial charge in [0.25, 0.3) is 0 Å². The number of carbonyl (C=O) groups is 1. The van der Waals surface area contributed by atoms with E-state index in [9.17, 15) is 4.79 Å². The van der Waals surface area contributed by atoms with Crippen molar-refractivity contribution in [3.05, 3.63) is 41.9 Å². The minimum absolute atomic E-state index is 0.0614. The molecule has 1 aromatic heterocycles. The molecule has 19 heavy (non-hydrogen) atoms. The zero-order valence-corrected chi connectivity index (χ0v) is 11.3. The molecular weight excluding hydrogens is 240 g/mol. The van der Waals surface area contributed by atoms with E-state index in [-0.39, 0.29) is 12.2 Å². The maximum absolute atomic E-state index is 11.2. The zero-order valence-electron chi connectivity index (χ0n) is 11.3. The Hall–Kier alpha value is -2.23. The van der Waals surface area contributed by atoms with Gasteiger partial charge < -0.3 is 4.74 Å². The van der Waals surface area contributed by atoms with Crippen molar-refractivity contribution in [1.29, 1.82) is 0 Å². The van der Waals surface area contributed by atoms with Crippen molar-refractivity contribution in [1.82, 2.24) is 9.97 Å². The van der Waals surface area contributed by atoms with E-state index in [2.05, 4.69) is 9.97 Å². The molecule has 1 heterocycles. The summed E-state index contributed by atoms with van der Waals surface area (Å²) in [5, 5.41) is 0. The van der Waals surface area contributed by atoms with Gasteiger partial charge >= 0.3 is 0 Å². The minimum atomic E-state index is 0.0614. The molecule has 0 unspecified atom stereocenters. The number of aryl methyl sites for hydroxylation is 1. The average molecular weight is 256 g/mol. The summed E-state index contributed by atoms with van der Waals surface area (Å²) in [4.78, 5) is 19.9. The molecule has 0 atom stereocenters. The van der Waals surface area contributed by atoms with Crippen LogP contribution in [0.25, 0.3) is 11.3 Å². The lowest BCUT2D eigenvalue weighted by molar-refractivity contribution is -0.116. The number of benzene rings is 1. The summed E-state index contributed by atoms with van der Waals surface area (Å²) >= 11 is 0. The maximum Gasteiger partial charge on any atom is 0.137 e. The van der Waals surface area contributed by atoms with Gasteiger partial charge in [0.15, 0.2) is 0 Å². The Bertz CT molecular complexity index is 592. The number of rotatable bonds is 4.